The van der Waals surface area contributed by atoms with Crippen molar-refractivity contribution in [3.63, 3.8) is 0 Å². The molecule has 136 valence electrons. The Morgan fingerprint density at radius 1 is 1.35 bits per heavy atom. The van der Waals surface area contributed by atoms with Crippen molar-refractivity contribution in [2.45, 2.75) is 26.0 Å². The number of amides is 2. The topological polar surface area (TPSA) is 49.9 Å². The summed E-state index contributed by atoms with van der Waals surface area (Å²) in [6.45, 7) is 6.86. The third-order valence-electron chi connectivity index (χ3n) is 4.25. The molecule has 3 rings (SSSR count). The van der Waals surface area contributed by atoms with Crippen LogP contribution in [0, 0.1) is 0 Å². The van der Waals surface area contributed by atoms with E-state index >= 15 is 0 Å². The highest BCUT2D eigenvalue weighted by atomic mass is 32.1. The Hall–Kier alpha value is -2.60. The third-order valence-corrected chi connectivity index (χ3v) is 5.11. The van der Waals surface area contributed by atoms with Crippen LogP contribution in [0.2, 0.25) is 0 Å². The monoisotopic (exact) mass is 370 g/mol. The standard InChI is InChI=1S/C20H22N2O3S/c1-3-11-21(14-16-7-6-13-26-16)19(23)10-12-22-17-8-4-5-9-18(17)25-15(2)20(22)24/h3-9,13,15H,1,10-12,14H2,2H3. The second-order valence-electron chi connectivity index (χ2n) is 6.11. The van der Waals surface area contributed by atoms with Gasteiger partial charge in [-0.05, 0) is 30.5 Å². The van der Waals surface area contributed by atoms with E-state index < -0.39 is 6.10 Å². The van der Waals surface area contributed by atoms with Gasteiger partial charge in [-0.2, -0.15) is 0 Å². The molecule has 0 spiro atoms. The molecule has 1 aliphatic heterocycles. The fourth-order valence-electron chi connectivity index (χ4n) is 2.96. The Morgan fingerprint density at radius 3 is 2.88 bits per heavy atom. The van der Waals surface area contributed by atoms with Crippen LogP contribution in [0.25, 0.3) is 0 Å². The highest BCUT2D eigenvalue weighted by Gasteiger charge is 2.31. The molecular formula is C20H22N2O3S. The Labute approximate surface area is 157 Å². The minimum Gasteiger partial charge on any atom is -0.479 e. The molecule has 0 radical (unpaired) electrons. The zero-order chi connectivity index (χ0) is 18.5. The van der Waals surface area contributed by atoms with Gasteiger partial charge in [-0.1, -0.05) is 24.3 Å². The normalized spacial score (nSPS) is 16.0. The van der Waals surface area contributed by atoms with Crippen molar-refractivity contribution in [2.75, 3.05) is 18.0 Å². The molecule has 2 amide bonds. The van der Waals surface area contributed by atoms with E-state index in [-0.39, 0.29) is 18.2 Å². The Kier molecular flexibility index (Phi) is 5.73. The number of anilines is 1. The van der Waals surface area contributed by atoms with Gasteiger partial charge < -0.3 is 14.5 Å². The number of hydrogen-bond donors (Lipinski definition) is 0. The van der Waals surface area contributed by atoms with Gasteiger partial charge in [0.25, 0.3) is 5.91 Å². The average Bonchev–Trinajstić information content (AvgIpc) is 3.15. The van der Waals surface area contributed by atoms with Crippen molar-refractivity contribution >= 4 is 28.8 Å². The van der Waals surface area contributed by atoms with E-state index in [0.717, 1.165) is 10.6 Å². The predicted octanol–water partition coefficient (Wildman–Crippen LogP) is 3.47. The van der Waals surface area contributed by atoms with Crippen LogP contribution in [0.4, 0.5) is 5.69 Å². The van der Waals surface area contributed by atoms with Crippen molar-refractivity contribution in [3.05, 3.63) is 59.3 Å². The van der Waals surface area contributed by atoms with E-state index in [9.17, 15) is 9.59 Å². The molecule has 2 aromatic rings. The van der Waals surface area contributed by atoms with Gasteiger partial charge in [0.15, 0.2) is 6.10 Å². The number of nitrogens with zero attached hydrogens (tertiary/aromatic N) is 2. The van der Waals surface area contributed by atoms with Crippen molar-refractivity contribution in [3.8, 4) is 5.75 Å². The molecule has 2 heterocycles. The summed E-state index contributed by atoms with van der Waals surface area (Å²) < 4.78 is 5.64. The van der Waals surface area contributed by atoms with Crippen LogP contribution in [0.5, 0.6) is 5.75 Å². The van der Waals surface area contributed by atoms with Crippen molar-refractivity contribution < 1.29 is 14.3 Å². The third kappa shape index (κ3) is 3.96. The van der Waals surface area contributed by atoms with Crippen LogP contribution in [-0.2, 0) is 16.1 Å². The van der Waals surface area contributed by atoms with Gasteiger partial charge in [0, 0.05) is 24.4 Å². The fraction of sp³-hybridized carbons (Fsp3) is 0.300. The van der Waals surface area contributed by atoms with Crippen LogP contribution in [0.15, 0.2) is 54.4 Å². The van der Waals surface area contributed by atoms with Crippen molar-refractivity contribution in [1.82, 2.24) is 4.90 Å². The fourth-order valence-corrected chi connectivity index (χ4v) is 3.68. The first-order valence-corrected chi connectivity index (χ1v) is 9.46. The molecule has 1 aliphatic rings. The Bertz CT molecular complexity index is 788. The van der Waals surface area contributed by atoms with Gasteiger partial charge in [-0.15, -0.1) is 17.9 Å². The first kappa shape index (κ1) is 18.2. The predicted molar refractivity (Wildman–Crippen MR) is 103 cm³/mol. The lowest BCUT2D eigenvalue weighted by Gasteiger charge is -2.33. The number of benzene rings is 1. The number of carbonyl (C=O) groups excluding carboxylic acids is 2. The van der Waals surface area contributed by atoms with E-state index in [1.807, 2.05) is 41.8 Å². The lowest BCUT2D eigenvalue weighted by molar-refractivity contribution is -0.131. The van der Waals surface area contributed by atoms with E-state index in [2.05, 4.69) is 6.58 Å². The largest absolute Gasteiger partial charge is 0.479 e. The van der Waals surface area contributed by atoms with Gasteiger partial charge in [-0.3, -0.25) is 9.59 Å². The summed E-state index contributed by atoms with van der Waals surface area (Å²) in [6, 6.07) is 11.4. The van der Waals surface area contributed by atoms with Gasteiger partial charge in [0.05, 0.1) is 12.2 Å². The first-order valence-electron chi connectivity index (χ1n) is 8.58. The molecule has 0 saturated heterocycles. The summed E-state index contributed by atoms with van der Waals surface area (Å²) in [5.41, 5.74) is 0.719. The molecule has 0 bridgehead atoms. The van der Waals surface area contributed by atoms with Crippen molar-refractivity contribution in [2.24, 2.45) is 0 Å². The van der Waals surface area contributed by atoms with Crippen molar-refractivity contribution in [1.29, 1.82) is 0 Å². The first-order chi connectivity index (χ1) is 12.6. The maximum atomic E-state index is 12.7. The molecule has 1 aromatic carbocycles. The van der Waals surface area contributed by atoms with E-state index in [1.165, 1.54) is 0 Å². The summed E-state index contributed by atoms with van der Waals surface area (Å²) in [6.07, 6.45) is 1.44. The second-order valence-corrected chi connectivity index (χ2v) is 7.14. The zero-order valence-electron chi connectivity index (χ0n) is 14.8. The van der Waals surface area contributed by atoms with Gasteiger partial charge >= 0.3 is 0 Å². The number of hydrogen-bond acceptors (Lipinski definition) is 4. The summed E-state index contributed by atoms with van der Waals surface area (Å²) >= 11 is 1.62. The molecular weight excluding hydrogens is 348 g/mol. The molecule has 0 N–H and O–H groups in total. The summed E-state index contributed by atoms with van der Waals surface area (Å²) in [5, 5.41) is 2.00. The number of rotatable bonds is 7. The van der Waals surface area contributed by atoms with Crippen LogP contribution in [0.1, 0.15) is 18.2 Å². The quantitative estimate of drug-likeness (QED) is 0.701. The molecule has 0 aliphatic carbocycles. The number of thiophene rings is 1. The van der Waals surface area contributed by atoms with Gasteiger partial charge in [0.1, 0.15) is 5.75 Å². The van der Waals surface area contributed by atoms with Gasteiger partial charge in [-0.25, -0.2) is 0 Å². The maximum Gasteiger partial charge on any atom is 0.267 e. The van der Waals surface area contributed by atoms with Crippen LogP contribution < -0.4 is 9.64 Å². The SMILES string of the molecule is C=CCN(Cc1cccs1)C(=O)CCN1C(=O)C(C)Oc2ccccc21. The van der Waals surface area contributed by atoms with Crippen LogP contribution >= 0.6 is 11.3 Å². The lowest BCUT2D eigenvalue weighted by atomic mass is 10.1. The Balaban J connectivity index is 1.69. The van der Waals surface area contributed by atoms with E-state index in [1.54, 1.807) is 34.1 Å². The highest BCUT2D eigenvalue weighted by Crippen LogP contribution is 2.33. The highest BCUT2D eigenvalue weighted by molar-refractivity contribution is 7.09. The number of fused-ring (bicyclic) bond motifs is 1. The molecule has 1 aromatic heterocycles. The molecule has 26 heavy (non-hydrogen) atoms. The Morgan fingerprint density at radius 2 is 2.15 bits per heavy atom. The molecule has 0 fully saturated rings. The van der Waals surface area contributed by atoms with E-state index in [4.69, 9.17) is 4.74 Å². The smallest absolute Gasteiger partial charge is 0.267 e. The molecule has 0 saturated carbocycles. The maximum absolute atomic E-state index is 12.7. The second kappa shape index (κ2) is 8.19. The van der Waals surface area contributed by atoms with Crippen LogP contribution in [-0.4, -0.2) is 35.9 Å². The molecule has 5 nitrogen and oxygen atoms in total. The summed E-state index contributed by atoms with van der Waals surface area (Å²) in [5.74, 6) is 0.557. The van der Waals surface area contributed by atoms with Crippen LogP contribution in [0.3, 0.4) is 0 Å². The van der Waals surface area contributed by atoms with E-state index in [0.29, 0.717) is 25.4 Å². The molecule has 6 heteroatoms. The zero-order valence-corrected chi connectivity index (χ0v) is 15.6. The number of ether oxygens (including phenoxy) is 1. The lowest BCUT2D eigenvalue weighted by Crippen LogP contribution is -2.46. The minimum absolute atomic E-state index is 0.00252. The summed E-state index contributed by atoms with van der Waals surface area (Å²) in [4.78, 5) is 29.8. The molecule has 1 unspecified atom stereocenters. The minimum atomic E-state index is -0.546. The average molecular weight is 370 g/mol. The molecule has 1 atom stereocenters. The number of para-hydroxylation sites is 2. The van der Waals surface area contributed by atoms with Gasteiger partial charge in [0.2, 0.25) is 5.91 Å². The summed E-state index contributed by atoms with van der Waals surface area (Å²) in [7, 11) is 0. The number of carbonyl (C=O) groups is 2.